The highest BCUT2D eigenvalue weighted by Crippen LogP contribution is 2.42. The van der Waals surface area contributed by atoms with Crippen molar-refractivity contribution in [2.45, 2.75) is 57.4 Å². The first-order valence-corrected chi connectivity index (χ1v) is 8.47. The van der Waals surface area contributed by atoms with Crippen LogP contribution in [0.2, 0.25) is 0 Å². The molecule has 6 nitrogen and oxygen atoms in total. The van der Waals surface area contributed by atoms with Gasteiger partial charge in [-0.2, -0.15) is 0 Å². The molecule has 1 aromatic rings. The van der Waals surface area contributed by atoms with Crippen LogP contribution >= 0.6 is 0 Å². The predicted octanol–water partition coefficient (Wildman–Crippen LogP) is 2.03. The zero-order chi connectivity index (χ0) is 16.4. The van der Waals surface area contributed by atoms with Crippen LogP contribution in [0.1, 0.15) is 68.1 Å². The summed E-state index contributed by atoms with van der Waals surface area (Å²) in [6.07, 6.45) is 6.78. The summed E-state index contributed by atoms with van der Waals surface area (Å²) in [7, 11) is 0. The van der Waals surface area contributed by atoms with Crippen LogP contribution in [0, 0.1) is 5.92 Å². The maximum absolute atomic E-state index is 12.4. The highest BCUT2D eigenvalue weighted by Gasteiger charge is 2.32. The summed E-state index contributed by atoms with van der Waals surface area (Å²) in [6.45, 7) is 4.26. The molecule has 0 aromatic carbocycles. The van der Waals surface area contributed by atoms with Crippen molar-refractivity contribution >= 4 is 5.91 Å². The molecule has 1 aromatic heterocycles. The first kappa shape index (κ1) is 16.2. The van der Waals surface area contributed by atoms with Crippen LogP contribution < -0.4 is 10.1 Å². The minimum Gasteiger partial charge on any atom is -0.476 e. The Labute approximate surface area is 136 Å². The Hall–Kier alpha value is -1.69. The minimum atomic E-state index is -0.650. The van der Waals surface area contributed by atoms with Crippen molar-refractivity contribution in [1.29, 1.82) is 0 Å². The van der Waals surface area contributed by atoms with Gasteiger partial charge in [0.2, 0.25) is 5.88 Å². The highest BCUT2D eigenvalue weighted by molar-refractivity contribution is 5.92. The van der Waals surface area contributed by atoms with Gasteiger partial charge in [0.1, 0.15) is 11.4 Å². The van der Waals surface area contributed by atoms with E-state index in [1.54, 1.807) is 6.92 Å². The number of nitrogens with zero attached hydrogens (tertiary/aromatic N) is 2. The molecule has 1 unspecified atom stereocenters. The van der Waals surface area contributed by atoms with Crippen molar-refractivity contribution in [1.82, 2.24) is 15.3 Å². The fraction of sp³-hybridized carbons (Fsp3) is 0.706. The molecule has 0 spiro atoms. The van der Waals surface area contributed by atoms with E-state index in [-0.39, 0.29) is 18.2 Å². The fourth-order valence-corrected chi connectivity index (χ4v) is 2.29. The predicted molar refractivity (Wildman–Crippen MR) is 85.5 cm³/mol. The summed E-state index contributed by atoms with van der Waals surface area (Å²) in [4.78, 5) is 21.2. The third-order valence-corrected chi connectivity index (χ3v) is 4.66. The van der Waals surface area contributed by atoms with Crippen LogP contribution in [0.25, 0.3) is 0 Å². The van der Waals surface area contributed by atoms with E-state index in [1.807, 2.05) is 6.92 Å². The molecule has 126 valence electrons. The molecule has 2 saturated carbocycles. The van der Waals surface area contributed by atoms with Crippen molar-refractivity contribution in [3.8, 4) is 5.88 Å². The first-order valence-electron chi connectivity index (χ1n) is 8.47. The SMILES string of the molecule is CCC(C)(CO)NC(=O)c1cnc(C2CC2)c(OCC2CC2)n1. The number of rotatable bonds is 8. The molecule has 1 atom stereocenters. The Morgan fingerprint density at radius 3 is 2.74 bits per heavy atom. The largest absolute Gasteiger partial charge is 0.476 e. The Morgan fingerprint density at radius 1 is 1.43 bits per heavy atom. The van der Waals surface area contributed by atoms with E-state index in [0.29, 0.717) is 30.7 Å². The number of aliphatic hydroxyl groups is 1. The summed E-state index contributed by atoms with van der Waals surface area (Å²) in [5.41, 5.74) is 0.471. The second-order valence-corrected chi connectivity index (χ2v) is 7.00. The number of aromatic nitrogens is 2. The topological polar surface area (TPSA) is 84.3 Å². The van der Waals surface area contributed by atoms with Gasteiger partial charge in [-0.25, -0.2) is 4.98 Å². The third-order valence-electron chi connectivity index (χ3n) is 4.66. The lowest BCUT2D eigenvalue weighted by molar-refractivity contribution is 0.0840. The van der Waals surface area contributed by atoms with Crippen LogP contribution in [0.3, 0.4) is 0 Å². The molecular formula is C17H25N3O3. The molecule has 0 radical (unpaired) electrons. The number of amides is 1. The summed E-state index contributed by atoms with van der Waals surface area (Å²) < 4.78 is 5.83. The summed E-state index contributed by atoms with van der Waals surface area (Å²) >= 11 is 0. The van der Waals surface area contributed by atoms with Gasteiger partial charge in [-0.15, -0.1) is 0 Å². The lowest BCUT2D eigenvalue weighted by Crippen LogP contribution is -2.48. The molecule has 0 aliphatic heterocycles. The van der Waals surface area contributed by atoms with Crippen molar-refractivity contribution in [2.24, 2.45) is 5.92 Å². The van der Waals surface area contributed by atoms with E-state index in [2.05, 4.69) is 15.3 Å². The minimum absolute atomic E-state index is 0.117. The third kappa shape index (κ3) is 3.99. The molecule has 23 heavy (non-hydrogen) atoms. The van der Waals surface area contributed by atoms with Gasteiger partial charge in [-0.1, -0.05) is 6.92 Å². The Balaban J connectivity index is 1.75. The Bertz CT molecular complexity index is 578. The molecular weight excluding hydrogens is 294 g/mol. The molecule has 6 heteroatoms. The standard InChI is InChI=1S/C17H25N3O3/c1-3-17(2,10-21)20-15(22)13-8-18-14(12-6-7-12)16(19-13)23-9-11-4-5-11/h8,11-12,21H,3-7,9-10H2,1-2H3,(H,20,22). The Morgan fingerprint density at radius 2 is 2.17 bits per heavy atom. The zero-order valence-corrected chi connectivity index (χ0v) is 13.8. The lowest BCUT2D eigenvalue weighted by Gasteiger charge is -2.26. The molecule has 0 saturated heterocycles. The number of aliphatic hydroxyl groups excluding tert-OH is 1. The lowest BCUT2D eigenvalue weighted by atomic mass is 10.0. The number of ether oxygens (including phenoxy) is 1. The molecule has 2 N–H and O–H groups in total. The highest BCUT2D eigenvalue weighted by atomic mass is 16.5. The van der Waals surface area contributed by atoms with Crippen molar-refractivity contribution in [2.75, 3.05) is 13.2 Å². The summed E-state index contributed by atoms with van der Waals surface area (Å²) in [5.74, 6) is 1.23. The number of carbonyl (C=O) groups excluding carboxylic acids is 1. The van der Waals surface area contributed by atoms with Gasteiger partial charge >= 0.3 is 0 Å². The first-order chi connectivity index (χ1) is 11.0. The molecule has 1 amide bonds. The van der Waals surface area contributed by atoms with Crippen molar-refractivity contribution in [3.63, 3.8) is 0 Å². The second-order valence-electron chi connectivity index (χ2n) is 7.00. The maximum Gasteiger partial charge on any atom is 0.272 e. The van der Waals surface area contributed by atoms with Crippen LogP contribution in [0.5, 0.6) is 5.88 Å². The van der Waals surface area contributed by atoms with E-state index in [4.69, 9.17) is 4.74 Å². The number of hydrogen-bond acceptors (Lipinski definition) is 5. The van der Waals surface area contributed by atoms with E-state index in [9.17, 15) is 9.90 Å². The monoisotopic (exact) mass is 319 g/mol. The van der Waals surface area contributed by atoms with Gasteiger partial charge in [-0.3, -0.25) is 9.78 Å². The maximum atomic E-state index is 12.4. The van der Waals surface area contributed by atoms with Gasteiger partial charge in [-0.05, 0) is 44.9 Å². The van der Waals surface area contributed by atoms with Gasteiger partial charge in [0.15, 0.2) is 0 Å². The molecule has 1 heterocycles. The fourth-order valence-electron chi connectivity index (χ4n) is 2.29. The number of nitrogens with one attached hydrogen (secondary N) is 1. The van der Waals surface area contributed by atoms with Gasteiger partial charge in [0, 0.05) is 5.92 Å². The molecule has 2 fully saturated rings. The normalized spacial score (nSPS) is 20.0. The van der Waals surface area contributed by atoms with Gasteiger partial charge < -0.3 is 15.2 Å². The number of carbonyl (C=O) groups is 1. The van der Waals surface area contributed by atoms with Crippen LogP contribution in [-0.4, -0.2) is 39.7 Å². The second kappa shape index (κ2) is 6.43. The summed E-state index contributed by atoms with van der Waals surface area (Å²) in [6, 6.07) is 0. The zero-order valence-electron chi connectivity index (χ0n) is 13.8. The molecule has 3 rings (SSSR count). The summed E-state index contributed by atoms with van der Waals surface area (Å²) in [5, 5.41) is 12.3. The van der Waals surface area contributed by atoms with Crippen LogP contribution in [0.4, 0.5) is 0 Å². The van der Waals surface area contributed by atoms with Crippen molar-refractivity contribution < 1.29 is 14.6 Å². The Kier molecular flexibility index (Phi) is 4.53. The quantitative estimate of drug-likeness (QED) is 0.766. The van der Waals surface area contributed by atoms with Crippen LogP contribution in [-0.2, 0) is 0 Å². The van der Waals surface area contributed by atoms with E-state index in [1.165, 1.54) is 19.0 Å². The average Bonchev–Trinajstić information content (AvgIpc) is 3.46. The smallest absolute Gasteiger partial charge is 0.272 e. The average molecular weight is 319 g/mol. The molecule has 0 bridgehead atoms. The van der Waals surface area contributed by atoms with E-state index < -0.39 is 5.54 Å². The van der Waals surface area contributed by atoms with E-state index >= 15 is 0 Å². The van der Waals surface area contributed by atoms with Crippen molar-refractivity contribution in [3.05, 3.63) is 17.6 Å². The molecule has 2 aliphatic rings. The molecule has 2 aliphatic carbocycles. The van der Waals surface area contributed by atoms with Crippen LogP contribution in [0.15, 0.2) is 6.20 Å². The van der Waals surface area contributed by atoms with Gasteiger partial charge in [0.25, 0.3) is 5.91 Å². The van der Waals surface area contributed by atoms with Gasteiger partial charge in [0.05, 0.1) is 24.9 Å². The van der Waals surface area contributed by atoms with E-state index in [0.717, 1.165) is 18.5 Å². The number of hydrogen-bond donors (Lipinski definition) is 2.